The van der Waals surface area contributed by atoms with E-state index in [9.17, 15) is 28.0 Å². The molecular weight excluding hydrogens is 692 g/mol. The molecule has 0 spiro atoms. The van der Waals surface area contributed by atoms with Crippen LogP contribution in [0, 0.1) is 5.92 Å². The number of nitrogens with one attached hydrogen (secondary N) is 2. The summed E-state index contributed by atoms with van der Waals surface area (Å²) in [5, 5.41) is 5.39. The van der Waals surface area contributed by atoms with Crippen LogP contribution in [0.25, 0.3) is 22.3 Å². The molecule has 13 nitrogen and oxygen atoms in total. The Kier molecular flexibility index (Phi) is 10.2. The fourth-order valence-corrected chi connectivity index (χ4v) is 7.12. The van der Waals surface area contributed by atoms with Gasteiger partial charge in [0.2, 0.25) is 17.7 Å². The molecule has 1 saturated heterocycles. The number of esters is 1. The average Bonchev–Trinajstić information content (AvgIpc) is 3.68. The number of nitrogens with zero attached hydrogens (tertiary/aromatic N) is 3. The molecule has 7 rings (SSSR count). The van der Waals surface area contributed by atoms with Crippen LogP contribution in [-0.4, -0.2) is 94.8 Å². The van der Waals surface area contributed by atoms with Crippen LogP contribution in [0.2, 0.25) is 0 Å². The van der Waals surface area contributed by atoms with Gasteiger partial charge in [-0.3, -0.25) is 9.59 Å². The number of allylic oxidation sites excluding steroid dienone is 1. The van der Waals surface area contributed by atoms with Gasteiger partial charge in [-0.1, -0.05) is 49.3 Å². The first kappa shape index (κ1) is 36.0. The Hall–Kier alpha value is -5.34. The van der Waals surface area contributed by atoms with Gasteiger partial charge in [0.15, 0.2) is 13.2 Å². The summed E-state index contributed by atoms with van der Waals surface area (Å²) in [6, 6.07) is 11.2. The molecule has 5 bridgehead atoms. The van der Waals surface area contributed by atoms with Gasteiger partial charge in [0.25, 0.3) is 0 Å². The van der Waals surface area contributed by atoms with E-state index in [1.165, 1.54) is 17.0 Å². The lowest BCUT2D eigenvalue weighted by atomic mass is 10.0. The van der Waals surface area contributed by atoms with Crippen LogP contribution >= 0.6 is 0 Å². The van der Waals surface area contributed by atoms with Crippen LogP contribution in [-0.2, 0) is 23.9 Å². The fourth-order valence-electron chi connectivity index (χ4n) is 7.12. The zero-order chi connectivity index (χ0) is 37.2. The number of hydrogen-bond donors (Lipinski definition) is 2. The third-order valence-electron chi connectivity index (χ3n) is 9.96. The quantitative estimate of drug-likeness (QED) is 0.279. The molecule has 15 heteroatoms. The predicted molar refractivity (Wildman–Crippen MR) is 186 cm³/mol. The molecule has 280 valence electrons. The zero-order valence-electron chi connectivity index (χ0n) is 29.2. The Morgan fingerprint density at radius 1 is 1.02 bits per heavy atom. The molecule has 1 saturated carbocycles. The van der Waals surface area contributed by atoms with E-state index in [-0.39, 0.29) is 43.5 Å². The van der Waals surface area contributed by atoms with E-state index in [1.807, 2.05) is 12.2 Å². The summed E-state index contributed by atoms with van der Waals surface area (Å²) in [6.07, 6.45) is 5.10. The largest absolute Gasteiger partial charge is 0.487 e. The first-order valence-corrected chi connectivity index (χ1v) is 18.0. The number of cyclic esters (lactones) is 1. The monoisotopic (exact) mass is 733 g/mol. The molecule has 3 amide bonds. The molecule has 2 fully saturated rings. The van der Waals surface area contributed by atoms with Gasteiger partial charge in [0.05, 0.1) is 24.2 Å². The summed E-state index contributed by atoms with van der Waals surface area (Å²) in [6.45, 7) is -0.667. The minimum Gasteiger partial charge on any atom is -0.487 e. The van der Waals surface area contributed by atoms with Crippen molar-refractivity contribution in [3.8, 4) is 22.9 Å². The van der Waals surface area contributed by atoms with E-state index in [4.69, 9.17) is 28.9 Å². The minimum absolute atomic E-state index is 0.0114. The SMILES string of the molecule is CCOC(=O)[C@@]12C[C@@H]1/C=C\CCCCC[C@@H]1NC(=O)OCC(F)(F)COc3cccc(c3)-c3nc4ccccc4nc3O[C@@H]3C[C@@H](C(=O)N2)N(C3)C1=O. The lowest BCUT2D eigenvalue weighted by molar-refractivity contribution is -0.150. The second-order valence-electron chi connectivity index (χ2n) is 13.9. The van der Waals surface area contributed by atoms with Crippen molar-refractivity contribution in [2.75, 3.05) is 26.4 Å². The molecule has 2 aromatic carbocycles. The number of alkyl carbamates (subject to hydrolysis) is 1. The molecule has 3 aromatic rings. The number of para-hydroxylation sites is 2. The normalized spacial score (nSPS) is 28.1. The summed E-state index contributed by atoms with van der Waals surface area (Å²) in [4.78, 5) is 65.7. The summed E-state index contributed by atoms with van der Waals surface area (Å²) in [5.74, 6) is -5.42. The number of ether oxygens (including phenoxy) is 4. The Morgan fingerprint density at radius 3 is 2.62 bits per heavy atom. The lowest BCUT2D eigenvalue weighted by Crippen LogP contribution is -2.56. The maximum atomic E-state index is 15.0. The van der Waals surface area contributed by atoms with Crippen LogP contribution in [0.5, 0.6) is 11.6 Å². The summed E-state index contributed by atoms with van der Waals surface area (Å²) >= 11 is 0. The second-order valence-corrected chi connectivity index (χ2v) is 13.9. The molecule has 3 aliphatic heterocycles. The number of benzene rings is 2. The van der Waals surface area contributed by atoms with Crippen molar-refractivity contribution >= 4 is 34.9 Å². The highest BCUT2D eigenvalue weighted by Crippen LogP contribution is 2.46. The standard InChI is InChI=1S/C38H41F2N5O8/c1-2-50-35(48)38-19-24(38)12-6-4-3-5-7-16-29-34(47)45-20-26(18-30(45)32(46)44-38)53-33-31(41-27-14-8-9-15-28(27)42-33)23-11-10-13-25(17-23)51-21-37(39,40)22-52-36(49)43-29/h6,8-15,17,24,26,29-30H,2-5,7,16,18-22H2,1H3,(H,43,49)(H,44,46)/b12-6-/t24-,26+,29-,30-,38+/m0/s1. The summed E-state index contributed by atoms with van der Waals surface area (Å²) in [5.41, 5.74) is 0.539. The number of alkyl halides is 2. The maximum Gasteiger partial charge on any atom is 0.408 e. The zero-order valence-corrected chi connectivity index (χ0v) is 29.2. The highest BCUT2D eigenvalue weighted by atomic mass is 19.3. The maximum absolute atomic E-state index is 15.0. The Morgan fingerprint density at radius 2 is 1.81 bits per heavy atom. The molecule has 1 aliphatic carbocycles. The summed E-state index contributed by atoms with van der Waals surface area (Å²) < 4.78 is 52.2. The second kappa shape index (κ2) is 15.0. The van der Waals surface area contributed by atoms with Crippen LogP contribution in [0.1, 0.15) is 51.9 Å². The molecule has 4 aliphatic rings. The number of amides is 3. The first-order chi connectivity index (χ1) is 25.5. The first-order valence-electron chi connectivity index (χ1n) is 18.0. The van der Waals surface area contributed by atoms with Gasteiger partial charge in [0.1, 0.15) is 35.2 Å². The number of carbonyl (C=O) groups is 4. The minimum atomic E-state index is -3.57. The average molecular weight is 734 g/mol. The van der Waals surface area contributed by atoms with Crippen molar-refractivity contribution in [2.45, 2.75) is 81.5 Å². The molecular formula is C38H41F2N5O8. The van der Waals surface area contributed by atoms with Crippen molar-refractivity contribution in [3.05, 3.63) is 60.7 Å². The van der Waals surface area contributed by atoms with E-state index in [0.29, 0.717) is 48.0 Å². The number of aromatic nitrogens is 2. The molecule has 5 atom stereocenters. The van der Waals surface area contributed by atoms with Gasteiger partial charge in [0, 0.05) is 17.9 Å². The lowest BCUT2D eigenvalue weighted by Gasteiger charge is -2.29. The van der Waals surface area contributed by atoms with Crippen molar-refractivity contribution in [2.24, 2.45) is 5.92 Å². The van der Waals surface area contributed by atoms with E-state index in [2.05, 4.69) is 10.6 Å². The smallest absolute Gasteiger partial charge is 0.408 e. The van der Waals surface area contributed by atoms with E-state index >= 15 is 0 Å². The number of hydrogen-bond acceptors (Lipinski definition) is 10. The molecule has 1 aromatic heterocycles. The van der Waals surface area contributed by atoms with E-state index in [1.54, 1.807) is 43.3 Å². The third kappa shape index (κ3) is 7.88. The number of carbonyl (C=O) groups excluding carboxylic acids is 4. The Bertz CT molecular complexity index is 1930. The Balaban J connectivity index is 1.29. The van der Waals surface area contributed by atoms with Crippen molar-refractivity contribution < 1.29 is 46.9 Å². The molecule has 0 radical (unpaired) electrons. The molecule has 53 heavy (non-hydrogen) atoms. The molecule has 4 heterocycles. The predicted octanol–water partition coefficient (Wildman–Crippen LogP) is 4.73. The van der Waals surface area contributed by atoms with Gasteiger partial charge < -0.3 is 34.5 Å². The van der Waals surface area contributed by atoms with E-state index in [0.717, 1.165) is 6.42 Å². The van der Waals surface area contributed by atoms with Crippen LogP contribution in [0.3, 0.4) is 0 Å². The Labute approximate surface area is 304 Å². The molecule has 0 unspecified atom stereocenters. The van der Waals surface area contributed by atoms with Crippen LogP contribution in [0.4, 0.5) is 13.6 Å². The topological polar surface area (TPSA) is 158 Å². The molecule has 2 N–H and O–H groups in total. The highest BCUT2D eigenvalue weighted by molar-refractivity contribution is 5.96. The van der Waals surface area contributed by atoms with E-state index < -0.39 is 66.7 Å². The van der Waals surface area contributed by atoms with Crippen LogP contribution in [0.15, 0.2) is 60.7 Å². The van der Waals surface area contributed by atoms with Gasteiger partial charge >= 0.3 is 18.0 Å². The highest BCUT2D eigenvalue weighted by Gasteiger charge is 2.62. The van der Waals surface area contributed by atoms with Gasteiger partial charge in [-0.25, -0.2) is 19.6 Å². The van der Waals surface area contributed by atoms with Gasteiger partial charge in [-0.05, 0) is 56.9 Å². The van der Waals surface area contributed by atoms with Gasteiger partial charge in [-0.15, -0.1) is 0 Å². The van der Waals surface area contributed by atoms with Crippen molar-refractivity contribution in [1.82, 2.24) is 25.5 Å². The number of halogens is 2. The van der Waals surface area contributed by atoms with Crippen molar-refractivity contribution in [3.63, 3.8) is 0 Å². The third-order valence-corrected chi connectivity index (χ3v) is 9.96. The fraction of sp³-hybridized carbons (Fsp3) is 0.474. The van der Waals surface area contributed by atoms with Crippen molar-refractivity contribution in [1.29, 1.82) is 0 Å². The number of rotatable bonds is 2. The van der Waals surface area contributed by atoms with Gasteiger partial charge in [-0.2, -0.15) is 8.78 Å². The summed E-state index contributed by atoms with van der Waals surface area (Å²) in [7, 11) is 0. The van der Waals surface area contributed by atoms with Crippen LogP contribution < -0.4 is 20.1 Å². The number of fused-ring (bicyclic) bond motifs is 8.